The van der Waals surface area contributed by atoms with Crippen molar-refractivity contribution in [3.63, 3.8) is 0 Å². The van der Waals surface area contributed by atoms with Crippen LogP contribution >= 0.6 is 0 Å². The van der Waals surface area contributed by atoms with Crippen LogP contribution in [0.5, 0.6) is 11.5 Å². The van der Waals surface area contributed by atoms with E-state index in [1.165, 1.54) is 17.7 Å². The molecule has 1 atom stereocenters. The normalized spacial score (nSPS) is 16.4. The van der Waals surface area contributed by atoms with Gasteiger partial charge in [0, 0.05) is 0 Å². The van der Waals surface area contributed by atoms with Gasteiger partial charge in [-0.25, -0.2) is 4.39 Å². The first-order valence-electron chi connectivity index (χ1n) is 11.2. The van der Waals surface area contributed by atoms with Crippen LogP contribution in [0, 0.1) is 5.82 Å². The molecule has 0 aliphatic carbocycles. The lowest BCUT2D eigenvalue weighted by Crippen LogP contribution is -2.52. The van der Waals surface area contributed by atoms with Crippen molar-refractivity contribution in [2.75, 3.05) is 13.1 Å². The highest BCUT2D eigenvalue weighted by molar-refractivity contribution is 5.38. The van der Waals surface area contributed by atoms with Crippen molar-refractivity contribution in [1.29, 1.82) is 0 Å². The molecule has 3 N–H and O–H groups in total. The molecule has 168 valence electrons. The van der Waals surface area contributed by atoms with E-state index >= 15 is 0 Å². The zero-order valence-corrected chi connectivity index (χ0v) is 18.1. The predicted octanol–water partition coefficient (Wildman–Crippen LogP) is 4.62. The van der Waals surface area contributed by atoms with Crippen molar-refractivity contribution >= 4 is 0 Å². The molecule has 0 spiro atoms. The molecule has 0 radical (unpaired) electrons. The Morgan fingerprint density at radius 3 is 2.12 bits per heavy atom. The number of nitrogens with one attached hydrogen (secondary N) is 1. The number of aliphatic hydroxyl groups is 1. The third kappa shape index (κ3) is 5.67. The summed E-state index contributed by atoms with van der Waals surface area (Å²) in [6.07, 6.45) is 2.96. The highest BCUT2D eigenvalue weighted by atomic mass is 19.1. The Balaban J connectivity index is 1.43. The number of halogens is 1. The van der Waals surface area contributed by atoms with Gasteiger partial charge in [-0.2, -0.15) is 0 Å². The summed E-state index contributed by atoms with van der Waals surface area (Å²) in [5.41, 5.74) is 2.47. The van der Waals surface area contributed by atoms with Crippen molar-refractivity contribution in [3.05, 3.63) is 95.3 Å². The molecule has 0 bridgehead atoms. The van der Waals surface area contributed by atoms with Crippen LogP contribution in [0.25, 0.3) is 0 Å². The average molecular weight is 436 g/mol. The zero-order chi connectivity index (χ0) is 22.4. The van der Waals surface area contributed by atoms with Crippen molar-refractivity contribution in [2.45, 2.75) is 43.8 Å². The molecule has 4 rings (SSSR count). The number of rotatable bonds is 8. The lowest BCUT2D eigenvalue weighted by molar-refractivity contribution is -0.0839. The van der Waals surface area contributed by atoms with Crippen LogP contribution in [0.2, 0.25) is 0 Å². The Hall–Kier alpha value is -2.89. The molecular formula is C27H30FNO3. The number of benzene rings is 3. The molecule has 0 saturated carbocycles. The molecule has 3 aromatic carbocycles. The van der Waals surface area contributed by atoms with E-state index in [0.717, 1.165) is 37.1 Å². The van der Waals surface area contributed by atoms with E-state index in [-0.39, 0.29) is 11.6 Å². The van der Waals surface area contributed by atoms with E-state index in [4.69, 9.17) is 4.74 Å². The number of hydrogen-bond acceptors (Lipinski definition) is 4. The Morgan fingerprint density at radius 2 is 1.47 bits per heavy atom. The molecule has 3 aromatic rings. The first-order valence-corrected chi connectivity index (χ1v) is 11.2. The molecule has 0 amide bonds. The number of phenolic OH excluding ortho intramolecular Hbond substituents is 1. The number of ether oxygens (including phenoxy) is 1. The lowest BCUT2D eigenvalue weighted by atomic mass is 9.83. The van der Waals surface area contributed by atoms with Crippen LogP contribution in [-0.4, -0.2) is 35.0 Å². The average Bonchev–Trinajstić information content (AvgIpc) is 2.81. The molecule has 1 fully saturated rings. The highest BCUT2D eigenvalue weighted by Gasteiger charge is 2.39. The largest absolute Gasteiger partial charge is 0.504 e. The van der Waals surface area contributed by atoms with Crippen molar-refractivity contribution in [3.8, 4) is 11.5 Å². The highest BCUT2D eigenvalue weighted by Crippen LogP contribution is 2.33. The summed E-state index contributed by atoms with van der Waals surface area (Å²) in [7, 11) is 0. The molecule has 1 saturated heterocycles. The van der Waals surface area contributed by atoms with E-state index in [1.54, 1.807) is 18.2 Å². The third-order valence-corrected chi connectivity index (χ3v) is 6.24. The van der Waals surface area contributed by atoms with E-state index in [1.807, 2.05) is 18.2 Å². The molecule has 1 aliphatic rings. The van der Waals surface area contributed by atoms with Crippen LogP contribution in [0.1, 0.15) is 36.0 Å². The molecule has 4 nitrogen and oxygen atoms in total. The van der Waals surface area contributed by atoms with Crippen molar-refractivity contribution in [2.24, 2.45) is 0 Å². The second-order valence-corrected chi connectivity index (χ2v) is 8.59. The maximum Gasteiger partial charge on any atom is 0.161 e. The molecular weight excluding hydrogens is 405 g/mol. The van der Waals surface area contributed by atoms with E-state index < -0.39 is 11.7 Å². The Labute approximate surface area is 188 Å². The van der Waals surface area contributed by atoms with E-state index in [0.29, 0.717) is 25.0 Å². The summed E-state index contributed by atoms with van der Waals surface area (Å²) in [5.74, 6) is 0.263. The molecule has 0 aromatic heterocycles. The second-order valence-electron chi connectivity index (χ2n) is 8.59. The van der Waals surface area contributed by atoms with E-state index in [2.05, 4.69) is 29.6 Å². The van der Waals surface area contributed by atoms with Gasteiger partial charge in [-0.1, -0.05) is 48.5 Å². The Bertz CT molecular complexity index is 998. The van der Waals surface area contributed by atoms with Gasteiger partial charge < -0.3 is 20.3 Å². The molecule has 1 aliphatic heterocycles. The molecule has 5 heteroatoms. The lowest BCUT2D eigenvalue weighted by Gasteiger charge is -2.39. The number of aromatic hydroxyl groups is 1. The van der Waals surface area contributed by atoms with Gasteiger partial charge in [0.05, 0.1) is 0 Å². The standard InChI is InChI=1S/C27H30FNO3/c28-23-12-9-22(10-13-23)19-21-7-5-20(6-8-21)11-14-26(27(31)15-17-29-18-16-27)32-25-4-2-1-3-24(25)30/h1-10,12-13,26,29-31H,11,14-19H2. The Kier molecular flexibility index (Phi) is 7.08. The van der Waals surface area contributed by atoms with Gasteiger partial charge in [0.1, 0.15) is 17.5 Å². The van der Waals surface area contributed by atoms with E-state index in [9.17, 15) is 14.6 Å². The SMILES string of the molecule is Oc1ccccc1OC(CCc1ccc(Cc2ccc(F)cc2)cc1)C1(O)CCNCC1. The van der Waals surface area contributed by atoms with Gasteiger partial charge >= 0.3 is 0 Å². The van der Waals surface area contributed by atoms with Gasteiger partial charge in [-0.15, -0.1) is 0 Å². The minimum Gasteiger partial charge on any atom is -0.504 e. The molecule has 32 heavy (non-hydrogen) atoms. The predicted molar refractivity (Wildman–Crippen MR) is 124 cm³/mol. The summed E-state index contributed by atoms with van der Waals surface area (Å²) in [5, 5.41) is 24.8. The van der Waals surface area contributed by atoms with Crippen molar-refractivity contribution in [1.82, 2.24) is 5.32 Å². The second kappa shape index (κ2) is 10.2. The number of hydrogen-bond donors (Lipinski definition) is 3. The molecule has 1 heterocycles. The van der Waals surface area contributed by atoms with Crippen LogP contribution in [0.15, 0.2) is 72.8 Å². The number of phenols is 1. The topological polar surface area (TPSA) is 61.7 Å². The smallest absolute Gasteiger partial charge is 0.161 e. The minimum atomic E-state index is -0.934. The number of piperidine rings is 1. The quantitative estimate of drug-likeness (QED) is 0.483. The summed E-state index contributed by atoms with van der Waals surface area (Å²) < 4.78 is 19.3. The van der Waals surface area contributed by atoms with Crippen LogP contribution in [0.3, 0.4) is 0 Å². The van der Waals surface area contributed by atoms with Gasteiger partial charge in [0.15, 0.2) is 11.5 Å². The summed E-state index contributed by atoms with van der Waals surface area (Å²) in [4.78, 5) is 0. The number of aryl methyl sites for hydroxylation is 1. The van der Waals surface area contributed by atoms with Gasteiger partial charge in [0.25, 0.3) is 0 Å². The minimum absolute atomic E-state index is 0.0835. The van der Waals surface area contributed by atoms with Crippen LogP contribution in [0.4, 0.5) is 4.39 Å². The van der Waals surface area contributed by atoms with Gasteiger partial charge in [-0.3, -0.25) is 0 Å². The summed E-state index contributed by atoms with van der Waals surface area (Å²) in [6, 6.07) is 21.9. The maximum absolute atomic E-state index is 13.1. The fourth-order valence-corrected chi connectivity index (χ4v) is 4.29. The summed E-state index contributed by atoms with van der Waals surface area (Å²) >= 11 is 0. The zero-order valence-electron chi connectivity index (χ0n) is 18.1. The monoisotopic (exact) mass is 435 g/mol. The van der Waals surface area contributed by atoms with Crippen molar-refractivity contribution < 1.29 is 19.3 Å². The van der Waals surface area contributed by atoms with Gasteiger partial charge in [0.2, 0.25) is 0 Å². The van der Waals surface area contributed by atoms with Gasteiger partial charge in [-0.05, 0) is 86.1 Å². The summed E-state index contributed by atoms with van der Waals surface area (Å²) in [6.45, 7) is 1.49. The number of para-hydroxylation sites is 2. The first-order chi connectivity index (χ1) is 15.5. The van der Waals surface area contributed by atoms with Crippen LogP contribution < -0.4 is 10.1 Å². The fourth-order valence-electron chi connectivity index (χ4n) is 4.29. The maximum atomic E-state index is 13.1. The fraction of sp³-hybridized carbons (Fsp3) is 0.333. The van der Waals surface area contributed by atoms with Crippen LogP contribution in [-0.2, 0) is 12.8 Å². The Morgan fingerprint density at radius 1 is 0.875 bits per heavy atom. The molecule has 1 unspecified atom stereocenters. The first kappa shape index (κ1) is 22.3. The third-order valence-electron chi connectivity index (χ3n) is 6.24.